The molecule has 0 spiro atoms. The number of anilines is 1. The van der Waals surface area contributed by atoms with Gasteiger partial charge >= 0.3 is 0 Å². The summed E-state index contributed by atoms with van der Waals surface area (Å²) in [6.45, 7) is 13.6. The molecule has 1 atom stereocenters. The topological polar surface area (TPSA) is 88.1 Å². The highest BCUT2D eigenvalue weighted by Gasteiger charge is 2.33. The molecule has 0 saturated carbocycles. The highest BCUT2D eigenvalue weighted by molar-refractivity contribution is 7.91. The minimum atomic E-state index is -3.65. The molecule has 1 fully saturated rings. The Balaban J connectivity index is 0.000000757. The number of nitrogens with one attached hydrogen (secondary N) is 1. The quantitative estimate of drug-likeness (QED) is 0.734. The van der Waals surface area contributed by atoms with Crippen LogP contribution in [0.1, 0.15) is 59.4 Å². The van der Waals surface area contributed by atoms with Crippen LogP contribution in [0.3, 0.4) is 0 Å². The Morgan fingerprint density at radius 1 is 1.13 bits per heavy atom. The summed E-state index contributed by atoms with van der Waals surface area (Å²) >= 11 is 0. The zero-order valence-electron chi connectivity index (χ0n) is 18.9. The molecule has 0 aromatic carbocycles. The Kier molecular flexibility index (Phi) is 8.49. The summed E-state index contributed by atoms with van der Waals surface area (Å²) in [6, 6.07) is 0.182. The van der Waals surface area contributed by atoms with Crippen molar-refractivity contribution in [3.8, 4) is 0 Å². The van der Waals surface area contributed by atoms with Crippen molar-refractivity contribution in [1.29, 1.82) is 0 Å². The van der Waals surface area contributed by atoms with E-state index in [1.807, 2.05) is 34.6 Å². The summed E-state index contributed by atoms with van der Waals surface area (Å²) < 4.78 is 39.9. The van der Waals surface area contributed by atoms with Crippen molar-refractivity contribution in [1.82, 2.24) is 20.3 Å². The van der Waals surface area contributed by atoms with Gasteiger partial charge in [0, 0.05) is 25.7 Å². The van der Waals surface area contributed by atoms with Crippen molar-refractivity contribution in [2.45, 2.75) is 72.0 Å². The van der Waals surface area contributed by atoms with Gasteiger partial charge in [-0.1, -0.05) is 41.5 Å². The average molecular weight is 440 g/mol. The highest BCUT2D eigenvalue weighted by Crippen LogP contribution is 2.35. The summed E-state index contributed by atoms with van der Waals surface area (Å²) in [5.41, 5.74) is 1.18. The molecule has 9 heteroatoms. The Labute approximate surface area is 179 Å². The minimum Gasteiger partial charge on any atom is -0.350 e. The number of hydrogen-bond donors (Lipinski definition) is 1. The van der Waals surface area contributed by atoms with Gasteiger partial charge in [-0.25, -0.2) is 22.8 Å². The molecule has 0 radical (unpaired) electrons. The maximum Gasteiger partial charge on any atom is 0.249 e. The first kappa shape index (κ1) is 24.4. The molecule has 0 bridgehead atoms. The predicted molar refractivity (Wildman–Crippen MR) is 119 cm³/mol. The molecule has 2 aliphatic rings. The van der Waals surface area contributed by atoms with Crippen LogP contribution >= 0.6 is 0 Å². The van der Waals surface area contributed by atoms with Crippen molar-refractivity contribution < 1.29 is 12.8 Å². The van der Waals surface area contributed by atoms with Gasteiger partial charge in [0.05, 0.1) is 22.5 Å². The standard InChI is InChI=1S/C17H22FN5O2S.2C2H6/c1-3-11-14(18)15-13-12(20-11)6-5-10-9-19-7-8-23(10)16(13)22-17(21-15)26(24,25)4-2;2*1-2/h10,19H,3-9H2,1-2H3;2*1-2H3. The lowest BCUT2D eigenvalue weighted by molar-refractivity contribution is 0.454. The number of rotatable bonds is 3. The SMILES string of the molecule is CC.CC.CCc1nc2c3c(nc(S(=O)(=O)CC)nc3c1F)N1CCNCC1CC2. The van der Waals surface area contributed by atoms with E-state index >= 15 is 4.39 Å². The van der Waals surface area contributed by atoms with Gasteiger partial charge in [0.25, 0.3) is 0 Å². The molecular formula is C21H34FN5O2S. The molecule has 2 aromatic rings. The van der Waals surface area contributed by atoms with E-state index in [2.05, 4.69) is 25.2 Å². The van der Waals surface area contributed by atoms with Gasteiger partial charge in [-0.15, -0.1) is 0 Å². The average Bonchev–Trinajstić information content (AvgIpc) is 2.96. The summed E-state index contributed by atoms with van der Waals surface area (Å²) in [4.78, 5) is 15.2. The van der Waals surface area contributed by atoms with Gasteiger partial charge in [0.15, 0.2) is 5.82 Å². The second kappa shape index (κ2) is 10.4. The lowest BCUT2D eigenvalue weighted by Gasteiger charge is -2.36. The number of pyridine rings is 1. The number of hydrogen-bond acceptors (Lipinski definition) is 7. The molecule has 1 unspecified atom stereocenters. The maximum absolute atomic E-state index is 15.0. The van der Waals surface area contributed by atoms with Crippen LogP contribution in [-0.2, 0) is 22.7 Å². The zero-order chi connectivity index (χ0) is 22.5. The summed E-state index contributed by atoms with van der Waals surface area (Å²) in [5.74, 6) is -0.144. The summed E-state index contributed by atoms with van der Waals surface area (Å²) in [6.07, 6.45) is 1.98. The lowest BCUT2D eigenvalue weighted by atomic mass is 10.1. The van der Waals surface area contributed by atoms with Crippen LogP contribution in [0.15, 0.2) is 5.16 Å². The van der Waals surface area contributed by atoms with Crippen LogP contribution in [-0.4, -0.2) is 54.8 Å². The lowest BCUT2D eigenvalue weighted by Crippen LogP contribution is -2.51. The van der Waals surface area contributed by atoms with E-state index in [0.29, 0.717) is 36.3 Å². The largest absolute Gasteiger partial charge is 0.350 e. The number of fused-ring (bicyclic) bond motifs is 2. The fraction of sp³-hybridized carbons (Fsp3) is 0.667. The highest BCUT2D eigenvalue weighted by atomic mass is 32.2. The first-order valence-electron chi connectivity index (χ1n) is 11.0. The number of nitrogens with zero attached hydrogens (tertiary/aromatic N) is 4. The van der Waals surface area contributed by atoms with Crippen LogP contribution in [0, 0.1) is 5.82 Å². The third-order valence-electron chi connectivity index (χ3n) is 5.22. The number of piperazine rings is 1. The van der Waals surface area contributed by atoms with Crippen LogP contribution < -0.4 is 10.2 Å². The Morgan fingerprint density at radius 2 is 1.83 bits per heavy atom. The Bertz CT molecular complexity index is 981. The monoisotopic (exact) mass is 439 g/mol. The zero-order valence-corrected chi connectivity index (χ0v) is 19.7. The fourth-order valence-corrected chi connectivity index (χ4v) is 4.46. The van der Waals surface area contributed by atoms with Gasteiger partial charge in [-0.3, -0.25) is 4.98 Å². The van der Waals surface area contributed by atoms with Gasteiger partial charge < -0.3 is 10.2 Å². The second-order valence-corrected chi connectivity index (χ2v) is 8.89. The number of halogens is 1. The molecule has 7 nitrogen and oxygen atoms in total. The summed E-state index contributed by atoms with van der Waals surface area (Å²) in [5, 5.41) is 3.64. The molecule has 0 aliphatic carbocycles. The van der Waals surface area contributed by atoms with Crippen LogP contribution in [0.25, 0.3) is 10.9 Å². The minimum absolute atomic E-state index is 0.0862. The van der Waals surface area contributed by atoms with E-state index in [0.717, 1.165) is 25.2 Å². The Hall–Kier alpha value is -1.87. The van der Waals surface area contributed by atoms with Crippen LogP contribution in [0.5, 0.6) is 0 Å². The Morgan fingerprint density at radius 3 is 2.47 bits per heavy atom. The van der Waals surface area contributed by atoms with Crippen molar-refractivity contribution in [2.75, 3.05) is 30.3 Å². The fourth-order valence-electron chi connectivity index (χ4n) is 3.75. The van der Waals surface area contributed by atoms with Crippen LogP contribution in [0.4, 0.5) is 10.2 Å². The molecule has 1 saturated heterocycles. The molecule has 1 N–H and O–H groups in total. The number of aromatic nitrogens is 3. The molecule has 2 aliphatic heterocycles. The van der Waals surface area contributed by atoms with Crippen molar-refractivity contribution in [3.05, 3.63) is 17.2 Å². The predicted octanol–water partition coefficient (Wildman–Crippen LogP) is 3.30. The van der Waals surface area contributed by atoms with E-state index in [9.17, 15) is 8.42 Å². The van der Waals surface area contributed by atoms with Crippen molar-refractivity contribution >= 4 is 26.6 Å². The summed E-state index contributed by atoms with van der Waals surface area (Å²) in [7, 11) is -3.65. The molecule has 4 rings (SSSR count). The van der Waals surface area contributed by atoms with Gasteiger partial charge in [-0.05, 0) is 19.3 Å². The maximum atomic E-state index is 15.0. The van der Waals surface area contributed by atoms with Crippen molar-refractivity contribution in [3.63, 3.8) is 0 Å². The van der Waals surface area contributed by atoms with Crippen LogP contribution in [0.2, 0.25) is 0 Å². The van der Waals surface area contributed by atoms with E-state index in [1.165, 1.54) is 0 Å². The molecule has 0 amide bonds. The molecule has 168 valence electrons. The molecule has 2 aromatic heterocycles. The molecule has 30 heavy (non-hydrogen) atoms. The van der Waals surface area contributed by atoms with E-state index in [4.69, 9.17) is 0 Å². The normalized spacial score (nSPS) is 17.8. The van der Waals surface area contributed by atoms with Crippen molar-refractivity contribution in [2.24, 2.45) is 0 Å². The first-order valence-corrected chi connectivity index (χ1v) is 12.7. The molecular weight excluding hydrogens is 405 g/mol. The second-order valence-electron chi connectivity index (χ2n) is 6.72. The van der Waals surface area contributed by atoms with Gasteiger partial charge in [-0.2, -0.15) is 0 Å². The van der Waals surface area contributed by atoms with Gasteiger partial charge in [0.2, 0.25) is 15.0 Å². The van der Waals surface area contributed by atoms with E-state index < -0.39 is 15.7 Å². The van der Waals surface area contributed by atoms with E-state index in [1.54, 1.807) is 6.92 Å². The third kappa shape index (κ3) is 4.42. The smallest absolute Gasteiger partial charge is 0.249 e. The van der Waals surface area contributed by atoms with E-state index in [-0.39, 0.29) is 22.5 Å². The first-order chi connectivity index (χ1) is 14.5. The van der Waals surface area contributed by atoms with Gasteiger partial charge in [0.1, 0.15) is 11.3 Å². The number of aryl methyl sites for hydroxylation is 2. The number of sulfone groups is 1. The molecule has 4 heterocycles. The third-order valence-corrected chi connectivity index (χ3v) is 6.72.